The molecule has 1 aliphatic rings. The fraction of sp³-hybridized carbons (Fsp3) is 0.286. The molecule has 1 heterocycles. The maximum Gasteiger partial charge on any atom is 0.141 e. The number of aromatic nitrogens is 2. The number of hydrogen-bond donors (Lipinski definition) is 1. The van der Waals surface area contributed by atoms with Gasteiger partial charge in [0.1, 0.15) is 11.6 Å². The summed E-state index contributed by atoms with van der Waals surface area (Å²) in [4.78, 5) is 10.3. The molecule has 0 radical (unpaired) electrons. The van der Waals surface area contributed by atoms with E-state index in [9.17, 15) is 0 Å². The number of benzene rings is 1. The fourth-order valence-corrected chi connectivity index (χ4v) is 3.34. The van der Waals surface area contributed by atoms with Gasteiger partial charge in [-0.1, -0.05) is 18.2 Å². The second kappa shape index (κ2) is 5.66. The average molecular weight is 383 g/mol. The summed E-state index contributed by atoms with van der Waals surface area (Å²) in [5.41, 5.74) is 7.14. The van der Waals surface area contributed by atoms with Gasteiger partial charge in [-0.2, -0.15) is 0 Å². The van der Waals surface area contributed by atoms with E-state index in [2.05, 4.69) is 39.7 Å². The third kappa shape index (κ3) is 3.20. The minimum atomic E-state index is 0.609. The van der Waals surface area contributed by atoms with Crippen molar-refractivity contribution in [3.05, 3.63) is 45.4 Å². The molecule has 3 nitrogen and oxygen atoms in total. The zero-order valence-corrected chi connectivity index (χ0v) is 13.3. The molecule has 0 atom stereocenters. The Morgan fingerprint density at radius 1 is 1.21 bits per heavy atom. The van der Waals surface area contributed by atoms with Crippen molar-refractivity contribution < 1.29 is 0 Å². The van der Waals surface area contributed by atoms with E-state index in [0.717, 1.165) is 20.8 Å². The molecular formula is C14H14IN3S. The molecule has 5 heteroatoms. The number of hydrogen-bond acceptors (Lipinski definition) is 4. The van der Waals surface area contributed by atoms with Gasteiger partial charge in [0.15, 0.2) is 0 Å². The molecule has 1 fully saturated rings. The van der Waals surface area contributed by atoms with Gasteiger partial charge in [-0.05, 0) is 47.6 Å². The van der Waals surface area contributed by atoms with Crippen LogP contribution in [0.5, 0.6) is 0 Å². The molecule has 0 amide bonds. The van der Waals surface area contributed by atoms with Gasteiger partial charge in [0, 0.05) is 10.8 Å². The van der Waals surface area contributed by atoms with Gasteiger partial charge in [-0.25, -0.2) is 9.97 Å². The van der Waals surface area contributed by atoms with Crippen LogP contribution in [-0.2, 0) is 5.75 Å². The Labute approximate surface area is 130 Å². The molecule has 0 aliphatic heterocycles. The minimum absolute atomic E-state index is 0.609. The predicted molar refractivity (Wildman–Crippen MR) is 87.1 cm³/mol. The molecule has 0 saturated heterocycles. The smallest absolute Gasteiger partial charge is 0.141 e. The maximum absolute atomic E-state index is 5.99. The van der Waals surface area contributed by atoms with Gasteiger partial charge in [0.2, 0.25) is 0 Å². The van der Waals surface area contributed by atoms with Crippen molar-refractivity contribution >= 4 is 40.2 Å². The number of thioether (sulfide) groups is 1. The molecule has 3 rings (SSSR count). The number of nitrogens with two attached hydrogens (primary N) is 1. The summed E-state index contributed by atoms with van der Waals surface area (Å²) in [5.74, 6) is 2.85. The van der Waals surface area contributed by atoms with Crippen molar-refractivity contribution in [1.82, 2.24) is 9.97 Å². The van der Waals surface area contributed by atoms with Crippen LogP contribution >= 0.6 is 34.4 Å². The lowest BCUT2D eigenvalue weighted by molar-refractivity contribution is 0.924. The first kappa shape index (κ1) is 13.2. The monoisotopic (exact) mass is 383 g/mol. The minimum Gasteiger partial charge on any atom is -0.383 e. The van der Waals surface area contributed by atoms with Crippen LogP contribution in [0.2, 0.25) is 0 Å². The van der Waals surface area contributed by atoms with Crippen LogP contribution in [-0.4, -0.2) is 9.97 Å². The molecule has 1 aromatic carbocycles. The van der Waals surface area contributed by atoms with Gasteiger partial charge in [0.05, 0.1) is 15.0 Å². The summed E-state index contributed by atoms with van der Waals surface area (Å²) in [6, 6.07) is 10.3. The van der Waals surface area contributed by atoms with E-state index >= 15 is 0 Å². The summed E-state index contributed by atoms with van der Waals surface area (Å²) >= 11 is 4.01. The van der Waals surface area contributed by atoms with E-state index in [1.165, 1.54) is 17.7 Å². The molecule has 19 heavy (non-hydrogen) atoms. The van der Waals surface area contributed by atoms with Crippen LogP contribution in [0.1, 0.15) is 30.3 Å². The summed E-state index contributed by atoms with van der Waals surface area (Å²) in [7, 11) is 0. The van der Waals surface area contributed by atoms with Crippen LogP contribution in [0.3, 0.4) is 0 Å². The maximum atomic E-state index is 5.99. The highest BCUT2D eigenvalue weighted by atomic mass is 127. The zero-order chi connectivity index (χ0) is 13.2. The summed E-state index contributed by atoms with van der Waals surface area (Å²) in [5, 5.41) is 0. The van der Waals surface area contributed by atoms with Crippen molar-refractivity contribution in [3.8, 4) is 0 Å². The summed E-state index contributed by atoms with van der Waals surface area (Å²) in [6.07, 6.45) is 2.47. The highest BCUT2D eigenvalue weighted by Crippen LogP contribution is 2.42. The first-order valence-corrected chi connectivity index (χ1v) is 8.30. The van der Waals surface area contributed by atoms with Crippen LogP contribution < -0.4 is 5.73 Å². The lowest BCUT2D eigenvalue weighted by atomic mass is 10.3. The lowest BCUT2D eigenvalue weighted by Gasteiger charge is -2.08. The molecule has 1 aromatic heterocycles. The van der Waals surface area contributed by atoms with Crippen LogP contribution in [0.15, 0.2) is 35.2 Å². The Morgan fingerprint density at radius 3 is 2.63 bits per heavy atom. The number of nitrogen functional groups attached to an aromatic ring is 1. The van der Waals surface area contributed by atoms with E-state index in [1.54, 1.807) is 11.8 Å². The highest BCUT2D eigenvalue weighted by Gasteiger charge is 2.28. The van der Waals surface area contributed by atoms with Crippen molar-refractivity contribution in [3.63, 3.8) is 0 Å². The standard InChI is InChI=1S/C14H14IN3S/c15-12-13(9-6-7-9)17-11(18-14(12)16)8-19-10-4-2-1-3-5-10/h1-5,9H,6-8H2,(H2,16,17,18). The summed E-state index contributed by atoms with van der Waals surface area (Å²) in [6.45, 7) is 0. The first-order chi connectivity index (χ1) is 9.24. The number of nitrogens with zero attached hydrogens (tertiary/aromatic N) is 2. The molecule has 1 saturated carbocycles. The molecule has 0 spiro atoms. The molecule has 1 aliphatic carbocycles. The number of halogens is 1. The van der Waals surface area contributed by atoms with Crippen LogP contribution in [0.25, 0.3) is 0 Å². The SMILES string of the molecule is Nc1nc(CSc2ccccc2)nc(C2CC2)c1I. The van der Waals surface area contributed by atoms with Crippen molar-refractivity contribution in [2.45, 2.75) is 29.4 Å². The third-order valence-electron chi connectivity index (χ3n) is 3.02. The summed E-state index contributed by atoms with van der Waals surface area (Å²) < 4.78 is 1.04. The second-order valence-corrected chi connectivity index (χ2v) is 6.73. The van der Waals surface area contributed by atoms with Gasteiger partial charge < -0.3 is 5.73 Å². The second-order valence-electron chi connectivity index (χ2n) is 4.60. The van der Waals surface area contributed by atoms with Gasteiger partial charge >= 0.3 is 0 Å². The quantitative estimate of drug-likeness (QED) is 0.644. The van der Waals surface area contributed by atoms with E-state index < -0.39 is 0 Å². The normalized spacial score (nSPS) is 14.6. The molecule has 0 bridgehead atoms. The van der Waals surface area contributed by atoms with Gasteiger partial charge in [0.25, 0.3) is 0 Å². The Morgan fingerprint density at radius 2 is 1.95 bits per heavy atom. The first-order valence-electron chi connectivity index (χ1n) is 6.23. The molecule has 2 aromatic rings. The Kier molecular flexibility index (Phi) is 3.93. The van der Waals surface area contributed by atoms with Crippen molar-refractivity contribution in [1.29, 1.82) is 0 Å². The molecule has 98 valence electrons. The Balaban J connectivity index is 1.77. The number of rotatable bonds is 4. The fourth-order valence-electron chi connectivity index (χ4n) is 1.89. The largest absolute Gasteiger partial charge is 0.383 e. The molecule has 0 unspecified atom stereocenters. The van der Waals surface area contributed by atoms with Crippen LogP contribution in [0.4, 0.5) is 5.82 Å². The topological polar surface area (TPSA) is 51.8 Å². The predicted octanol–water partition coefficient (Wildman–Crippen LogP) is 3.83. The highest BCUT2D eigenvalue weighted by molar-refractivity contribution is 14.1. The van der Waals surface area contributed by atoms with E-state index in [0.29, 0.717) is 11.7 Å². The molecule has 2 N–H and O–H groups in total. The zero-order valence-electron chi connectivity index (χ0n) is 10.3. The van der Waals surface area contributed by atoms with Crippen molar-refractivity contribution in [2.24, 2.45) is 0 Å². The van der Waals surface area contributed by atoms with Gasteiger partial charge in [-0.3, -0.25) is 0 Å². The average Bonchev–Trinajstić information content (AvgIpc) is 3.25. The Bertz CT molecular complexity index is 585. The molecular weight excluding hydrogens is 369 g/mol. The number of anilines is 1. The van der Waals surface area contributed by atoms with E-state index in [1.807, 2.05) is 18.2 Å². The third-order valence-corrected chi connectivity index (χ3v) is 5.14. The lowest BCUT2D eigenvalue weighted by Crippen LogP contribution is -2.06. The van der Waals surface area contributed by atoms with E-state index in [-0.39, 0.29) is 0 Å². The van der Waals surface area contributed by atoms with Gasteiger partial charge in [-0.15, -0.1) is 11.8 Å². The van der Waals surface area contributed by atoms with Crippen molar-refractivity contribution in [2.75, 3.05) is 5.73 Å². The van der Waals surface area contributed by atoms with E-state index in [4.69, 9.17) is 10.7 Å². The Hall–Kier alpha value is -0.820. The van der Waals surface area contributed by atoms with Crippen LogP contribution in [0, 0.1) is 3.57 Å².